The summed E-state index contributed by atoms with van der Waals surface area (Å²) in [6.07, 6.45) is 5.27. The first kappa shape index (κ1) is 6.08. The van der Waals surface area contributed by atoms with Crippen molar-refractivity contribution in [3.8, 4) is 0 Å². The van der Waals surface area contributed by atoms with Crippen molar-refractivity contribution in [3.63, 3.8) is 0 Å². The third-order valence-electron chi connectivity index (χ3n) is 1.86. The van der Waals surface area contributed by atoms with Gasteiger partial charge >= 0.3 is 0 Å². The molecule has 1 heteroatoms. The Bertz CT molecular complexity index is 80.4. The van der Waals surface area contributed by atoms with Crippen LogP contribution in [0.2, 0.25) is 12.1 Å². The lowest BCUT2D eigenvalue weighted by Gasteiger charge is -1.93. The highest BCUT2D eigenvalue weighted by molar-refractivity contribution is 6.64. The molecular weight excluding hydrogens is 112 g/mol. The van der Waals surface area contributed by atoms with Crippen LogP contribution in [-0.4, -0.2) is 8.80 Å². The lowest BCUT2D eigenvalue weighted by atomic mass is 10.4. The third kappa shape index (κ3) is 1.48. The van der Waals surface area contributed by atoms with Gasteiger partial charge in [-0.15, -0.1) is 5.70 Å². The minimum Gasteiger partial charge on any atom is -0.102 e. The van der Waals surface area contributed by atoms with Gasteiger partial charge in [0.05, 0.1) is 8.80 Å². The first-order chi connectivity index (χ1) is 3.93. The maximum absolute atomic E-state index is 2.48. The van der Waals surface area contributed by atoms with Crippen LogP contribution in [0, 0.1) is 0 Å². The molecule has 0 saturated carbocycles. The molecule has 0 N–H and O–H groups in total. The van der Waals surface area contributed by atoms with Crippen molar-refractivity contribution >= 4 is 8.80 Å². The number of hydrogen-bond donors (Lipinski definition) is 0. The van der Waals surface area contributed by atoms with Gasteiger partial charge in [0, 0.05) is 0 Å². The van der Waals surface area contributed by atoms with E-state index in [-0.39, 0.29) is 8.80 Å². The maximum Gasteiger partial charge on any atom is 0.0610 e. The molecule has 0 aromatic rings. The fourth-order valence-electron chi connectivity index (χ4n) is 1.42. The van der Waals surface area contributed by atoms with E-state index in [1.54, 1.807) is 12.1 Å². The van der Waals surface area contributed by atoms with Gasteiger partial charge in [0.1, 0.15) is 0 Å². The Kier molecular flexibility index (Phi) is 2.34. The van der Waals surface area contributed by atoms with Gasteiger partial charge in [0.25, 0.3) is 0 Å². The molecule has 8 heavy (non-hydrogen) atoms. The molecule has 0 aromatic heterocycles. The van der Waals surface area contributed by atoms with Crippen molar-refractivity contribution in [2.24, 2.45) is 0 Å². The molecule has 0 aromatic carbocycles. The lowest BCUT2D eigenvalue weighted by Crippen LogP contribution is -1.99. The molecule has 1 rings (SSSR count). The Labute approximate surface area is 53.2 Å². The Morgan fingerprint density at radius 1 is 1.25 bits per heavy atom. The first-order valence-electron chi connectivity index (χ1n) is 3.56. The summed E-state index contributed by atoms with van der Waals surface area (Å²) in [5, 5.41) is 0. The maximum atomic E-state index is 2.48. The fraction of sp³-hybridized carbons (Fsp3) is 0.714. The second-order valence-electron chi connectivity index (χ2n) is 2.57. The van der Waals surface area contributed by atoms with E-state index in [9.17, 15) is 0 Å². The SMILES string of the molecule is CC=C[SiH]1CCCC1. The predicted molar refractivity (Wildman–Crippen MR) is 40.8 cm³/mol. The van der Waals surface area contributed by atoms with Crippen LogP contribution in [0.25, 0.3) is 0 Å². The second-order valence-corrected chi connectivity index (χ2v) is 5.63. The van der Waals surface area contributed by atoms with Gasteiger partial charge in [0.15, 0.2) is 0 Å². The summed E-state index contributed by atoms with van der Waals surface area (Å²) >= 11 is 0. The molecule has 0 bridgehead atoms. The quantitative estimate of drug-likeness (QED) is 0.472. The largest absolute Gasteiger partial charge is 0.102 e. The van der Waals surface area contributed by atoms with Crippen molar-refractivity contribution < 1.29 is 0 Å². The summed E-state index contributed by atoms with van der Waals surface area (Å²) in [6.45, 7) is 2.14. The van der Waals surface area contributed by atoms with Gasteiger partial charge in [0.2, 0.25) is 0 Å². The van der Waals surface area contributed by atoms with Gasteiger partial charge < -0.3 is 0 Å². The topological polar surface area (TPSA) is 0 Å². The van der Waals surface area contributed by atoms with Gasteiger partial charge in [-0.1, -0.05) is 31.0 Å². The number of allylic oxidation sites excluding steroid dienone is 1. The molecule has 46 valence electrons. The highest BCUT2D eigenvalue weighted by Crippen LogP contribution is 2.19. The summed E-state index contributed by atoms with van der Waals surface area (Å²) in [6, 6.07) is 3.15. The van der Waals surface area contributed by atoms with Crippen LogP contribution in [-0.2, 0) is 0 Å². The van der Waals surface area contributed by atoms with Crippen molar-refractivity contribution in [1.82, 2.24) is 0 Å². The lowest BCUT2D eigenvalue weighted by molar-refractivity contribution is 0.935. The van der Waals surface area contributed by atoms with Crippen LogP contribution in [0.15, 0.2) is 11.8 Å². The molecule has 1 aliphatic rings. The number of hydrogen-bond acceptors (Lipinski definition) is 0. The molecule has 0 amide bonds. The van der Waals surface area contributed by atoms with Crippen molar-refractivity contribution in [3.05, 3.63) is 11.8 Å². The second kappa shape index (κ2) is 3.08. The Morgan fingerprint density at radius 2 is 1.88 bits per heavy atom. The fourth-order valence-corrected chi connectivity index (χ4v) is 4.27. The van der Waals surface area contributed by atoms with Crippen LogP contribution in [0.5, 0.6) is 0 Å². The molecule has 0 nitrogen and oxygen atoms in total. The van der Waals surface area contributed by atoms with Crippen LogP contribution in [0.4, 0.5) is 0 Å². The molecule has 0 spiro atoms. The van der Waals surface area contributed by atoms with Crippen molar-refractivity contribution in [1.29, 1.82) is 0 Å². The highest BCUT2D eigenvalue weighted by Gasteiger charge is 2.11. The van der Waals surface area contributed by atoms with Crippen LogP contribution in [0.3, 0.4) is 0 Å². The molecule has 1 heterocycles. The van der Waals surface area contributed by atoms with Gasteiger partial charge in [-0.25, -0.2) is 0 Å². The minimum absolute atomic E-state index is 0.262. The van der Waals surface area contributed by atoms with Crippen molar-refractivity contribution in [2.75, 3.05) is 0 Å². The first-order valence-corrected chi connectivity index (χ1v) is 5.86. The standard InChI is InChI=1S/C7H14Si/c1-2-5-8-6-3-4-7-8/h2,5,8H,3-4,6-7H2,1H3. The van der Waals surface area contributed by atoms with Crippen LogP contribution >= 0.6 is 0 Å². The molecule has 1 aliphatic heterocycles. The Morgan fingerprint density at radius 3 is 2.38 bits per heavy atom. The minimum atomic E-state index is -0.262. The molecule has 1 saturated heterocycles. The zero-order valence-corrected chi connectivity index (χ0v) is 6.72. The average molecular weight is 126 g/mol. The van der Waals surface area contributed by atoms with E-state index in [1.165, 1.54) is 12.8 Å². The molecule has 0 radical (unpaired) electrons. The average Bonchev–Trinajstić information content (AvgIpc) is 2.19. The van der Waals surface area contributed by atoms with E-state index >= 15 is 0 Å². The Hall–Kier alpha value is -0.0431. The third-order valence-corrected chi connectivity index (χ3v) is 5.09. The Balaban J connectivity index is 2.24. The summed E-state index contributed by atoms with van der Waals surface area (Å²) in [7, 11) is -0.262. The molecule has 0 aliphatic carbocycles. The zero-order valence-electron chi connectivity index (χ0n) is 5.56. The summed E-state index contributed by atoms with van der Waals surface area (Å²) in [5.41, 5.74) is 2.48. The molecule has 0 unspecified atom stereocenters. The highest BCUT2D eigenvalue weighted by atomic mass is 28.3. The molecule has 0 atom stereocenters. The van der Waals surface area contributed by atoms with Gasteiger partial charge in [-0.05, 0) is 6.92 Å². The molecule has 1 fully saturated rings. The smallest absolute Gasteiger partial charge is 0.0610 e. The van der Waals surface area contributed by atoms with Crippen LogP contribution < -0.4 is 0 Å². The predicted octanol–water partition coefficient (Wildman–Crippen LogP) is 2.12. The summed E-state index contributed by atoms with van der Waals surface area (Å²) in [4.78, 5) is 0. The van der Waals surface area contributed by atoms with Gasteiger partial charge in [-0.3, -0.25) is 0 Å². The van der Waals surface area contributed by atoms with E-state index in [4.69, 9.17) is 0 Å². The van der Waals surface area contributed by atoms with Gasteiger partial charge in [-0.2, -0.15) is 0 Å². The van der Waals surface area contributed by atoms with E-state index in [0.717, 1.165) is 0 Å². The van der Waals surface area contributed by atoms with E-state index in [1.807, 2.05) is 0 Å². The van der Waals surface area contributed by atoms with E-state index < -0.39 is 0 Å². The monoisotopic (exact) mass is 126 g/mol. The number of rotatable bonds is 1. The van der Waals surface area contributed by atoms with Crippen LogP contribution in [0.1, 0.15) is 19.8 Å². The van der Waals surface area contributed by atoms with Crippen molar-refractivity contribution in [2.45, 2.75) is 31.9 Å². The summed E-state index contributed by atoms with van der Waals surface area (Å²) in [5.74, 6) is 0. The zero-order chi connectivity index (χ0) is 5.82. The van der Waals surface area contributed by atoms with E-state index in [2.05, 4.69) is 18.7 Å². The molecular formula is C7H14Si. The van der Waals surface area contributed by atoms with E-state index in [0.29, 0.717) is 0 Å². The summed E-state index contributed by atoms with van der Waals surface area (Å²) < 4.78 is 0. The normalized spacial score (nSPS) is 23.1.